The first kappa shape index (κ1) is 13.8. The maximum absolute atomic E-state index is 11.9. The summed E-state index contributed by atoms with van der Waals surface area (Å²) in [7, 11) is 0. The maximum atomic E-state index is 11.9. The van der Waals surface area contributed by atoms with Gasteiger partial charge in [0.2, 0.25) is 0 Å². The Hall–Kier alpha value is -1.64. The molecule has 0 unspecified atom stereocenters. The number of fused-ring (bicyclic) bond motifs is 1. The van der Waals surface area contributed by atoms with Crippen molar-refractivity contribution in [3.63, 3.8) is 0 Å². The van der Waals surface area contributed by atoms with Crippen molar-refractivity contribution in [3.8, 4) is 5.75 Å². The normalized spacial score (nSPS) is 15.1. The third-order valence-electron chi connectivity index (χ3n) is 3.49. The van der Waals surface area contributed by atoms with Crippen LogP contribution in [0.2, 0.25) is 0 Å². The first-order chi connectivity index (χ1) is 8.80. The van der Waals surface area contributed by atoms with Gasteiger partial charge >= 0.3 is 5.97 Å². The van der Waals surface area contributed by atoms with Crippen LogP contribution in [0.1, 0.15) is 55.1 Å². The van der Waals surface area contributed by atoms with E-state index in [1.165, 1.54) is 0 Å². The van der Waals surface area contributed by atoms with E-state index in [4.69, 9.17) is 4.74 Å². The lowest BCUT2D eigenvalue weighted by molar-refractivity contribution is -0.143. The van der Waals surface area contributed by atoms with Crippen LogP contribution in [-0.2, 0) is 11.2 Å². The molecular formula is C16H20O3. The average molecular weight is 260 g/mol. The Balaban J connectivity index is 2.34. The van der Waals surface area contributed by atoms with Gasteiger partial charge in [0.1, 0.15) is 5.75 Å². The quantitative estimate of drug-likeness (QED) is 0.573. The molecule has 0 spiro atoms. The third-order valence-corrected chi connectivity index (χ3v) is 3.49. The molecule has 0 saturated carbocycles. The largest absolute Gasteiger partial charge is 0.426 e. The van der Waals surface area contributed by atoms with Gasteiger partial charge in [-0.05, 0) is 63.8 Å². The average Bonchev–Trinajstić information content (AvgIpc) is 2.32. The zero-order chi connectivity index (χ0) is 14.2. The molecule has 0 heterocycles. The van der Waals surface area contributed by atoms with Gasteiger partial charge in [0, 0.05) is 12.0 Å². The van der Waals surface area contributed by atoms with Gasteiger partial charge in [-0.25, -0.2) is 0 Å². The van der Waals surface area contributed by atoms with Gasteiger partial charge in [0.15, 0.2) is 5.78 Å². The van der Waals surface area contributed by atoms with Crippen LogP contribution in [0.5, 0.6) is 5.75 Å². The van der Waals surface area contributed by atoms with Gasteiger partial charge < -0.3 is 4.74 Å². The van der Waals surface area contributed by atoms with E-state index in [-0.39, 0.29) is 11.8 Å². The van der Waals surface area contributed by atoms with Crippen molar-refractivity contribution in [2.45, 2.75) is 47.0 Å². The summed E-state index contributed by atoms with van der Waals surface area (Å²) in [6.07, 6.45) is 2.38. The molecule has 3 nitrogen and oxygen atoms in total. The Morgan fingerprint density at radius 2 is 1.89 bits per heavy atom. The highest BCUT2D eigenvalue weighted by Crippen LogP contribution is 2.31. The van der Waals surface area contributed by atoms with E-state index < -0.39 is 5.41 Å². The summed E-state index contributed by atoms with van der Waals surface area (Å²) in [6, 6.07) is 3.52. The molecule has 0 fully saturated rings. The van der Waals surface area contributed by atoms with Crippen LogP contribution < -0.4 is 4.74 Å². The van der Waals surface area contributed by atoms with Gasteiger partial charge in [0.25, 0.3) is 0 Å². The number of ketones is 1. The smallest absolute Gasteiger partial charge is 0.316 e. The topological polar surface area (TPSA) is 43.4 Å². The van der Waals surface area contributed by atoms with Gasteiger partial charge in [-0.1, -0.05) is 0 Å². The van der Waals surface area contributed by atoms with Crippen LogP contribution in [0, 0.1) is 12.3 Å². The molecular weight excluding hydrogens is 240 g/mol. The number of esters is 1. The van der Waals surface area contributed by atoms with E-state index in [9.17, 15) is 9.59 Å². The second kappa shape index (κ2) is 4.80. The third kappa shape index (κ3) is 2.70. The minimum Gasteiger partial charge on any atom is -0.426 e. The van der Waals surface area contributed by atoms with Gasteiger partial charge in [-0.15, -0.1) is 0 Å². The summed E-state index contributed by atoms with van der Waals surface area (Å²) >= 11 is 0. The molecule has 0 amide bonds. The standard InChI is InChI=1S/C16H20O3/c1-10-11-6-5-7-13(17)12(11)8-9-14(10)19-15(18)16(2,3)4/h8-9H,5-7H2,1-4H3. The monoisotopic (exact) mass is 260 g/mol. The summed E-state index contributed by atoms with van der Waals surface area (Å²) in [5.41, 5.74) is 2.22. The summed E-state index contributed by atoms with van der Waals surface area (Å²) in [5, 5.41) is 0. The molecule has 1 aromatic carbocycles. The van der Waals surface area contributed by atoms with Crippen LogP contribution >= 0.6 is 0 Å². The van der Waals surface area contributed by atoms with Crippen LogP contribution in [0.25, 0.3) is 0 Å². The second-order valence-electron chi connectivity index (χ2n) is 6.13. The van der Waals surface area contributed by atoms with E-state index in [1.807, 2.05) is 27.7 Å². The Morgan fingerprint density at radius 3 is 2.53 bits per heavy atom. The molecule has 102 valence electrons. The highest BCUT2D eigenvalue weighted by atomic mass is 16.5. The fourth-order valence-electron chi connectivity index (χ4n) is 2.24. The van der Waals surface area contributed by atoms with Crippen LogP contribution in [0.15, 0.2) is 12.1 Å². The maximum Gasteiger partial charge on any atom is 0.316 e. The van der Waals surface area contributed by atoms with Crippen molar-refractivity contribution < 1.29 is 14.3 Å². The van der Waals surface area contributed by atoms with Gasteiger partial charge in [0.05, 0.1) is 5.41 Å². The number of ether oxygens (including phenoxy) is 1. The molecule has 0 bridgehead atoms. The second-order valence-corrected chi connectivity index (χ2v) is 6.13. The molecule has 0 N–H and O–H groups in total. The van der Waals surface area contributed by atoms with E-state index in [2.05, 4.69) is 0 Å². The summed E-state index contributed by atoms with van der Waals surface area (Å²) < 4.78 is 5.46. The fraction of sp³-hybridized carbons (Fsp3) is 0.500. The van der Waals surface area contributed by atoms with Crippen molar-refractivity contribution in [1.82, 2.24) is 0 Å². The van der Waals surface area contributed by atoms with E-state index in [0.29, 0.717) is 12.2 Å². The van der Waals surface area contributed by atoms with Crippen molar-refractivity contribution in [2.24, 2.45) is 5.41 Å². The zero-order valence-electron chi connectivity index (χ0n) is 12.0. The molecule has 0 saturated heterocycles. The van der Waals surface area contributed by atoms with E-state index in [1.54, 1.807) is 12.1 Å². The molecule has 0 aromatic heterocycles. The lowest BCUT2D eigenvalue weighted by atomic mass is 9.87. The van der Waals surface area contributed by atoms with Crippen molar-refractivity contribution in [1.29, 1.82) is 0 Å². The highest BCUT2D eigenvalue weighted by Gasteiger charge is 2.26. The molecule has 1 aliphatic rings. The Bertz CT molecular complexity index is 536. The Morgan fingerprint density at radius 1 is 1.21 bits per heavy atom. The first-order valence-electron chi connectivity index (χ1n) is 6.68. The predicted molar refractivity (Wildman–Crippen MR) is 73.5 cm³/mol. The minimum absolute atomic E-state index is 0.193. The summed E-state index contributed by atoms with van der Waals surface area (Å²) in [5.74, 6) is 0.518. The minimum atomic E-state index is -0.530. The van der Waals surface area contributed by atoms with Gasteiger partial charge in [-0.3, -0.25) is 9.59 Å². The number of rotatable bonds is 1. The number of carbonyl (C=O) groups excluding carboxylic acids is 2. The molecule has 0 radical (unpaired) electrons. The molecule has 1 aromatic rings. The van der Waals surface area contributed by atoms with E-state index >= 15 is 0 Å². The fourth-order valence-corrected chi connectivity index (χ4v) is 2.24. The SMILES string of the molecule is Cc1c(OC(=O)C(C)(C)C)ccc2c1CCCC2=O. The summed E-state index contributed by atoms with van der Waals surface area (Å²) in [6.45, 7) is 7.40. The van der Waals surface area contributed by atoms with Crippen LogP contribution in [0.3, 0.4) is 0 Å². The number of hydrogen-bond acceptors (Lipinski definition) is 3. The zero-order valence-corrected chi connectivity index (χ0v) is 12.0. The Kier molecular flexibility index (Phi) is 3.48. The molecule has 0 aliphatic heterocycles. The molecule has 3 heteroatoms. The van der Waals surface area contributed by atoms with Crippen molar-refractivity contribution >= 4 is 11.8 Å². The van der Waals surface area contributed by atoms with Gasteiger partial charge in [-0.2, -0.15) is 0 Å². The van der Waals surface area contributed by atoms with Crippen LogP contribution in [-0.4, -0.2) is 11.8 Å². The molecule has 1 aliphatic carbocycles. The lowest BCUT2D eigenvalue weighted by Gasteiger charge is -2.21. The van der Waals surface area contributed by atoms with E-state index in [0.717, 1.165) is 29.5 Å². The highest BCUT2D eigenvalue weighted by molar-refractivity contribution is 5.99. The van der Waals surface area contributed by atoms with Crippen molar-refractivity contribution in [3.05, 3.63) is 28.8 Å². The predicted octanol–water partition coefficient (Wildman–Crippen LogP) is 3.47. The number of hydrogen-bond donors (Lipinski definition) is 0. The Labute approximate surface area is 114 Å². The first-order valence-corrected chi connectivity index (χ1v) is 6.68. The number of Topliss-reactive ketones (excluding diaryl/α,β-unsaturated/α-hetero) is 1. The van der Waals surface area contributed by atoms with Crippen molar-refractivity contribution in [2.75, 3.05) is 0 Å². The number of benzene rings is 1. The molecule has 19 heavy (non-hydrogen) atoms. The lowest BCUT2D eigenvalue weighted by Crippen LogP contribution is -2.26. The molecule has 0 atom stereocenters. The van der Waals surface area contributed by atoms with Crippen LogP contribution in [0.4, 0.5) is 0 Å². The number of carbonyl (C=O) groups is 2. The summed E-state index contributed by atoms with van der Waals surface area (Å²) in [4.78, 5) is 23.8. The molecule has 2 rings (SSSR count).